The Balaban J connectivity index is 1.47. The zero-order valence-corrected chi connectivity index (χ0v) is 14.1. The number of ether oxygens (including phenoxy) is 1. The maximum atomic E-state index is 5.99. The Morgan fingerprint density at radius 3 is 2.00 bits per heavy atom. The molecular weight excluding hydrogens is 272 g/mol. The van der Waals surface area contributed by atoms with Crippen LogP contribution in [0, 0.1) is 11.8 Å². The fourth-order valence-corrected chi connectivity index (χ4v) is 3.83. The molecule has 0 amide bonds. The van der Waals surface area contributed by atoms with E-state index in [0.29, 0.717) is 18.6 Å². The molecule has 0 spiro atoms. The number of rotatable bonds is 4. The lowest BCUT2D eigenvalue weighted by Crippen LogP contribution is -2.20. The van der Waals surface area contributed by atoms with Gasteiger partial charge >= 0.3 is 0 Å². The highest BCUT2D eigenvalue weighted by Gasteiger charge is 2.21. The lowest BCUT2D eigenvalue weighted by molar-refractivity contribution is 0.00561. The highest BCUT2D eigenvalue weighted by atomic mass is 16.5. The summed E-state index contributed by atoms with van der Waals surface area (Å²) in [5.74, 6) is 3.27. The second kappa shape index (κ2) is 7.54. The molecule has 1 aromatic rings. The van der Waals surface area contributed by atoms with E-state index in [1.165, 1.54) is 56.9 Å². The minimum absolute atomic E-state index is 0.416. The molecule has 2 aliphatic carbocycles. The molecule has 3 rings (SSSR count). The largest absolute Gasteiger partial charge is 0.370 e. The van der Waals surface area contributed by atoms with Gasteiger partial charge in [0.05, 0.1) is 6.10 Å². The monoisotopic (exact) mass is 302 g/mol. The van der Waals surface area contributed by atoms with Gasteiger partial charge in [0.2, 0.25) is 0 Å². The average Bonchev–Trinajstić information content (AvgIpc) is 2.56. The summed E-state index contributed by atoms with van der Waals surface area (Å²) in [7, 11) is 0. The van der Waals surface area contributed by atoms with Gasteiger partial charge in [-0.05, 0) is 61.8 Å². The molecule has 0 aromatic carbocycles. The van der Waals surface area contributed by atoms with Crippen molar-refractivity contribution in [1.82, 2.24) is 9.97 Å². The number of hydrogen-bond donors (Lipinski definition) is 0. The predicted octanol–water partition coefficient (Wildman–Crippen LogP) is 4.87. The topological polar surface area (TPSA) is 35.0 Å². The fraction of sp³-hybridized carbons (Fsp3) is 0.789. The molecule has 0 N–H and O–H groups in total. The van der Waals surface area contributed by atoms with Crippen LogP contribution >= 0.6 is 0 Å². The molecule has 1 aromatic heterocycles. The molecule has 0 bridgehead atoms. The van der Waals surface area contributed by atoms with Gasteiger partial charge in [0.15, 0.2) is 5.82 Å². The summed E-state index contributed by atoms with van der Waals surface area (Å²) in [6.07, 6.45) is 14.7. The van der Waals surface area contributed by atoms with Crippen molar-refractivity contribution in [1.29, 1.82) is 0 Å². The molecule has 0 atom stereocenters. The molecule has 0 unspecified atom stereocenters. The van der Waals surface area contributed by atoms with Crippen LogP contribution in [0.4, 0.5) is 0 Å². The van der Waals surface area contributed by atoms with Crippen molar-refractivity contribution >= 4 is 0 Å². The lowest BCUT2D eigenvalue weighted by Gasteiger charge is -2.26. The summed E-state index contributed by atoms with van der Waals surface area (Å²) in [4.78, 5) is 9.07. The minimum Gasteiger partial charge on any atom is -0.370 e. The molecule has 3 nitrogen and oxygen atoms in total. The van der Waals surface area contributed by atoms with E-state index in [4.69, 9.17) is 4.74 Å². The third kappa shape index (κ3) is 4.28. The van der Waals surface area contributed by atoms with Gasteiger partial charge in [-0.15, -0.1) is 0 Å². The van der Waals surface area contributed by atoms with Gasteiger partial charge < -0.3 is 4.74 Å². The Morgan fingerprint density at radius 1 is 0.864 bits per heavy atom. The molecule has 2 aliphatic rings. The molecular formula is C19H30N2O. The van der Waals surface area contributed by atoms with Gasteiger partial charge in [0, 0.05) is 12.4 Å². The van der Waals surface area contributed by atoms with Gasteiger partial charge in [-0.25, -0.2) is 9.97 Å². The molecule has 0 radical (unpaired) electrons. The van der Waals surface area contributed by atoms with E-state index < -0.39 is 0 Å². The molecule has 2 fully saturated rings. The van der Waals surface area contributed by atoms with Crippen molar-refractivity contribution in [3.8, 4) is 0 Å². The van der Waals surface area contributed by atoms with E-state index in [1.807, 2.05) is 12.4 Å². The Bertz CT molecular complexity index is 443. The van der Waals surface area contributed by atoms with E-state index >= 15 is 0 Å². The van der Waals surface area contributed by atoms with E-state index in [-0.39, 0.29) is 0 Å². The summed E-state index contributed by atoms with van der Waals surface area (Å²) in [5.41, 5.74) is 1.32. The van der Waals surface area contributed by atoms with Gasteiger partial charge in [-0.2, -0.15) is 0 Å². The van der Waals surface area contributed by atoms with Crippen LogP contribution in [0.15, 0.2) is 12.4 Å². The average molecular weight is 302 g/mol. The first kappa shape index (κ1) is 15.9. The number of hydrogen-bond acceptors (Lipinski definition) is 3. The Kier molecular flexibility index (Phi) is 5.46. The van der Waals surface area contributed by atoms with Gasteiger partial charge in [0.1, 0.15) is 6.61 Å². The van der Waals surface area contributed by atoms with Crippen LogP contribution in [0.5, 0.6) is 0 Å². The molecule has 22 heavy (non-hydrogen) atoms. The zero-order chi connectivity index (χ0) is 15.4. The molecule has 0 aliphatic heterocycles. The van der Waals surface area contributed by atoms with Crippen molar-refractivity contribution in [2.75, 3.05) is 0 Å². The Hall–Kier alpha value is -0.960. The summed E-state index contributed by atoms with van der Waals surface area (Å²) in [5, 5.41) is 0. The third-order valence-corrected chi connectivity index (χ3v) is 5.62. The van der Waals surface area contributed by atoms with Crippen molar-refractivity contribution in [3.63, 3.8) is 0 Å². The van der Waals surface area contributed by atoms with Crippen LogP contribution in [-0.4, -0.2) is 16.1 Å². The molecule has 122 valence electrons. The van der Waals surface area contributed by atoms with Crippen molar-refractivity contribution < 1.29 is 4.74 Å². The maximum absolute atomic E-state index is 5.99. The van der Waals surface area contributed by atoms with E-state index in [9.17, 15) is 0 Å². The first-order valence-corrected chi connectivity index (χ1v) is 9.13. The van der Waals surface area contributed by atoms with Crippen molar-refractivity contribution in [3.05, 3.63) is 23.8 Å². The zero-order valence-electron chi connectivity index (χ0n) is 14.1. The minimum atomic E-state index is 0.416. The molecule has 2 saturated carbocycles. The number of aromatic nitrogens is 2. The third-order valence-electron chi connectivity index (χ3n) is 5.62. The SMILES string of the molecule is CC1CCC(OCc2ncc(C3CCC(C)CC3)cn2)CC1. The standard InChI is InChI=1S/C19H30N2O/c1-14-3-7-16(8-4-14)17-11-20-19(21-12-17)13-22-18-9-5-15(2)6-10-18/h11-12,14-16,18H,3-10,13H2,1-2H3. The van der Waals surface area contributed by atoms with Gasteiger partial charge in [-0.1, -0.05) is 26.7 Å². The Labute approximate surface area is 134 Å². The quantitative estimate of drug-likeness (QED) is 0.796. The van der Waals surface area contributed by atoms with Crippen molar-refractivity contribution in [2.24, 2.45) is 11.8 Å². The summed E-state index contributed by atoms with van der Waals surface area (Å²) < 4.78 is 5.99. The van der Waals surface area contributed by atoms with Gasteiger partial charge in [0.25, 0.3) is 0 Å². The van der Waals surface area contributed by atoms with E-state index in [2.05, 4.69) is 23.8 Å². The summed E-state index contributed by atoms with van der Waals surface area (Å²) in [6.45, 7) is 5.27. The van der Waals surface area contributed by atoms with E-state index in [0.717, 1.165) is 17.7 Å². The van der Waals surface area contributed by atoms with Crippen LogP contribution in [0.3, 0.4) is 0 Å². The van der Waals surface area contributed by atoms with Gasteiger partial charge in [-0.3, -0.25) is 0 Å². The van der Waals surface area contributed by atoms with Crippen LogP contribution in [-0.2, 0) is 11.3 Å². The second-order valence-corrected chi connectivity index (χ2v) is 7.58. The first-order chi connectivity index (χ1) is 10.7. The van der Waals surface area contributed by atoms with E-state index in [1.54, 1.807) is 0 Å². The Morgan fingerprint density at radius 2 is 1.41 bits per heavy atom. The summed E-state index contributed by atoms with van der Waals surface area (Å²) in [6, 6.07) is 0. The van der Waals surface area contributed by atoms with Crippen molar-refractivity contribution in [2.45, 2.75) is 83.8 Å². The maximum Gasteiger partial charge on any atom is 0.153 e. The fourth-order valence-electron chi connectivity index (χ4n) is 3.83. The van der Waals surface area contributed by atoms with Crippen LogP contribution in [0.25, 0.3) is 0 Å². The van der Waals surface area contributed by atoms with Crippen LogP contribution < -0.4 is 0 Å². The summed E-state index contributed by atoms with van der Waals surface area (Å²) >= 11 is 0. The number of nitrogens with zero attached hydrogens (tertiary/aromatic N) is 2. The lowest BCUT2D eigenvalue weighted by atomic mass is 9.80. The first-order valence-electron chi connectivity index (χ1n) is 9.13. The highest BCUT2D eigenvalue weighted by Crippen LogP contribution is 2.34. The van der Waals surface area contributed by atoms with Crippen LogP contribution in [0.2, 0.25) is 0 Å². The molecule has 0 saturated heterocycles. The molecule has 1 heterocycles. The normalized spacial score (nSPS) is 32.8. The highest BCUT2D eigenvalue weighted by molar-refractivity contribution is 5.12. The second-order valence-electron chi connectivity index (χ2n) is 7.58. The molecule has 3 heteroatoms. The van der Waals surface area contributed by atoms with Crippen LogP contribution in [0.1, 0.15) is 82.5 Å². The predicted molar refractivity (Wildman–Crippen MR) is 88.6 cm³/mol. The smallest absolute Gasteiger partial charge is 0.153 e.